The van der Waals surface area contributed by atoms with E-state index in [1.807, 2.05) is 0 Å². The predicted octanol–water partition coefficient (Wildman–Crippen LogP) is 2.00. The average Bonchev–Trinajstić information content (AvgIpc) is 3.03. The first-order valence-electron chi connectivity index (χ1n) is 7.44. The van der Waals surface area contributed by atoms with Crippen LogP contribution in [0, 0.1) is 6.92 Å². The van der Waals surface area contributed by atoms with Gasteiger partial charge in [0.05, 0.1) is 13.3 Å². The van der Waals surface area contributed by atoms with Gasteiger partial charge in [-0.15, -0.1) is 10.2 Å². The van der Waals surface area contributed by atoms with Crippen molar-refractivity contribution in [3.63, 3.8) is 0 Å². The Morgan fingerprint density at radius 3 is 2.76 bits per heavy atom. The highest BCUT2D eigenvalue weighted by molar-refractivity contribution is 6.03. The molecule has 8 nitrogen and oxygen atoms in total. The number of carbonyl (C=O) groups is 1. The Labute approximate surface area is 143 Å². The van der Waals surface area contributed by atoms with Gasteiger partial charge in [0.15, 0.2) is 5.75 Å². The minimum absolute atomic E-state index is 0.174. The molecule has 0 spiro atoms. The van der Waals surface area contributed by atoms with Crippen molar-refractivity contribution in [1.29, 1.82) is 0 Å². The summed E-state index contributed by atoms with van der Waals surface area (Å²) >= 11 is 0. The van der Waals surface area contributed by atoms with Gasteiger partial charge < -0.3 is 19.0 Å². The number of carbonyl (C=O) groups excluding carboxylic acids is 1. The van der Waals surface area contributed by atoms with Gasteiger partial charge in [-0.05, 0) is 18.2 Å². The van der Waals surface area contributed by atoms with E-state index in [4.69, 9.17) is 9.15 Å². The molecule has 25 heavy (non-hydrogen) atoms. The topological polar surface area (TPSA) is 99.2 Å². The number of nitrogens with zero attached hydrogens (tertiary/aromatic N) is 3. The normalized spacial score (nSPS) is 10.5. The molecule has 2 heterocycles. The fourth-order valence-corrected chi connectivity index (χ4v) is 2.32. The minimum Gasteiger partial charge on any atom is -0.491 e. The number of rotatable bonds is 4. The van der Waals surface area contributed by atoms with Gasteiger partial charge in [-0.2, -0.15) is 0 Å². The molecule has 1 aromatic carbocycles. The number of aryl methyl sites for hydroxylation is 2. The highest BCUT2D eigenvalue weighted by Crippen LogP contribution is 2.21. The molecule has 3 rings (SSSR count). The molecule has 0 aliphatic carbocycles. The van der Waals surface area contributed by atoms with Crippen molar-refractivity contribution in [2.45, 2.75) is 6.92 Å². The number of aromatic nitrogens is 3. The number of ether oxygens (including phenoxy) is 1. The monoisotopic (exact) mass is 340 g/mol. The lowest BCUT2D eigenvalue weighted by atomic mass is 10.2. The standard InChI is InChI=1S/C17H16N4O4/c1-10-19-20-17(25-10)11-5-4-6-12(7-11)18-16(23)13-8-14(22)15(24-3)9-21(13)2/h4-9H,1-3H3,(H,18,23). The first kappa shape index (κ1) is 16.4. The van der Waals surface area contributed by atoms with E-state index in [1.165, 1.54) is 23.9 Å². The van der Waals surface area contributed by atoms with Gasteiger partial charge in [-0.1, -0.05) is 6.07 Å². The Morgan fingerprint density at radius 2 is 2.08 bits per heavy atom. The van der Waals surface area contributed by atoms with E-state index in [-0.39, 0.29) is 16.9 Å². The second-order valence-electron chi connectivity index (χ2n) is 5.36. The van der Waals surface area contributed by atoms with Crippen LogP contribution in [0.2, 0.25) is 0 Å². The second-order valence-corrected chi connectivity index (χ2v) is 5.36. The number of anilines is 1. The third-order valence-electron chi connectivity index (χ3n) is 3.55. The Balaban J connectivity index is 1.87. The molecule has 128 valence electrons. The maximum atomic E-state index is 12.5. The number of pyridine rings is 1. The molecule has 8 heteroatoms. The molecule has 0 unspecified atom stereocenters. The molecular weight excluding hydrogens is 324 g/mol. The third kappa shape index (κ3) is 3.42. The lowest BCUT2D eigenvalue weighted by Crippen LogP contribution is -2.21. The van der Waals surface area contributed by atoms with Gasteiger partial charge in [0.2, 0.25) is 17.2 Å². The number of methoxy groups -OCH3 is 1. The van der Waals surface area contributed by atoms with Crippen LogP contribution in [-0.4, -0.2) is 27.8 Å². The fourth-order valence-electron chi connectivity index (χ4n) is 2.32. The van der Waals surface area contributed by atoms with Crippen molar-refractivity contribution in [3.05, 3.63) is 58.3 Å². The van der Waals surface area contributed by atoms with E-state index in [0.717, 1.165) is 0 Å². The number of amides is 1. The van der Waals surface area contributed by atoms with E-state index in [1.54, 1.807) is 38.2 Å². The summed E-state index contributed by atoms with van der Waals surface area (Å²) in [6.45, 7) is 1.70. The van der Waals surface area contributed by atoms with Crippen molar-refractivity contribution >= 4 is 11.6 Å². The van der Waals surface area contributed by atoms with Crippen LogP contribution in [0.5, 0.6) is 5.75 Å². The lowest BCUT2D eigenvalue weighted by Gasteiger charge is -2.11. The van der Waals surface area contributed by atoms with Crippen molar-refractivity contribution < 1.29 is 13.9 Å². The van der Waals surface area contributed by atoms with Crippen LogP contribution in [-0.2, 0) is 7.05 Å². The highest BCUT2D eigenvalue weighted by atomic mass is 16.5. The largest absolute Gasteiger partial charge is 0.491 e. The summed E-state index contributed by atoms with van der Waals surface area (Å²) in [5, 5.41) is 10.5. The van der Waals surface area contributed by atoms with Crippen LogP contribution in [0.25, 0.3) is 11.5 Å². The molecule has 0 saturated heterocycles. The Morgan fingerprint density at radius 1 is 1.28 bits per heavy atom. The third-order valence-corrected chi connectivity index (χ3v) is 3.55. The maximum absolute atomic E-state index is 12.5. The molecule has 0 atom stereocenters. The van der Waals surface area contributed by atoms with Gasteiger partial charge in [0, 0.05) is 31.3 Å². The number of nitrogens with one attached hydrogen (secondary N) is 1. The lowest BCUT2D eigenvalue weighted by molar-refractivity contribution is 0.101. The van der Waals surface area contributed by atoms with Crippen LogP contribution in [0.1, 0.15) is 16.4 Å². The molecule has 0 saturated carbocycles. The van der Waals surface area contributed by atoms with E-state index < -0.39 is 5.91 Å². The molecule has 0 radical (unpaired) electrons. The average molecular weight is 340 g/mol. The smallest absolute Gasteiger partial charge is 0.272 e. The summed E-state index contributed by atoms with van der Waals surface area (Å²) in [6, 6.07) is 8.24. The van der Waals surface area contributed by atoms with Crippen molar-refractivity contribution in [2.75, 3.05) is 12.4 Å². The van der Waals surface area contributed by atoms with Crippen LogP contribution < -0.4 is 15.5 Å². The molecule has 2 aromatic heterocycles. The first-order valence-corrected chi connectivity index (χ1v) is 7.44. The van der Waals surface area contributed by atoms with Crippen LogP contribution in [0.4, 0.5) is 5.69 Å². The molecule has 0 aliphatic rings. The fraction of sp³-hybridized carbons (Fsp3) is 0.176. The predicted molar refractivity (Wildman–Crippen MR) is 90.7 cm³/mol. The maximum Gasteiger partial charge on any atom is 0.272 e. The van der Waals surface area contributed by atoms with Crippen molar-refractivity contribution in [1.82, 2.24) is 14.8 Å². The molecule has 1 amide bonds. The summed E-state index contributed by atoms with van der Waals surface area (Å²) in [7, 11) is 3.07. The number of hydrogen-bond donors (Lipinski definition) is 1. The zero-order chi connectivity index (χ0) is 18.0. The Hall–Kier alpha value is -3.42. The molecule has 0 bridgehead atoms. The van der Waals surface area contributed by atoms with Crippen molar-refractivity contribution in [3.8, 4) is 17.2 Å². The summed E-state index contributed by atoms with van der Waals surface area (Å²) in [6.07, 6.45) is 1.47. The highest BCUT2D eigenvalue weighted by Gasteiger charge is 2.13. The summed E-state index contributed by atoms with van der Waals surface area (Å²) in [4.78, 5) is 24.4. The van der Waals surface area contributed by atoms with Gasteiger partial charge in [0.1, 0.15) is 5.69 Å². The zero-order valence-corrected chi connectivity index (χ0v) is 13.9. The van der Waals surface area contributed by atoms with E-state index >= 15 is 0 Å². The van der Waals surface area contributed by atoms with E-state index in [0.29, 0.717) is 23.0 Å². The van der Waals surface area contributed by atoms with Crippen LogP contribution in [0.15, 0.2) is 45.7 Å². The quantitative estimate of drug-likeness (QED) is 0.780. The minimum atomic E-state index is -0.416. The zero-order valence-electron chi connectivity index (χ0n) is 13.9. The summed E-state index contributed by atoms with van der Waals surface area (Å²) in [5.41, 5.74) is 1.08. The van der Waals surface area contributed by atoms with Gasteiger partial charge in [-0.3, -0.25) is 9.59 Å². The van der Waals surface area contributed by atoms with E-state index in [9.17, 15) is 9.59 Å². The SMILES string of the molecule is COc1cn(C)c(C(=O)Nc2cccc(-c3nnc(C)o3)c2)cc1=O. The van der Waals surface area contributed by atoms with Gasteiger partial charge in [0.25, 0.3) is 5.91 Å². The summed E-state index contributed by atoms with van der Waals surface area (Å²) in [5.74, 6) is 0.581. The molecular formula is C17H16N4O4. The number of benzene rings is 1. The number of hydrogen-bond acceptors (Lipinski definition) is 6. The van der Waals surface area contributed by atoms with Crippen molar-refractivity contribution in [2.24, 2.45) is 7.05 Å². The summed E-state index contributed by atoms with van der Waals surface area (Å²) < 4.78 is 11.9. The molecule has 3 aromatic rings. The van der Waals surface area contributed by atoms with Gasteiger partial charge in [-0.25, -0.2) is 0 Å². The molecule has 1 N–H and O–H groups in total. The van der Waals surface area contributed by atoms with Crippen LogP contribution >= 0.6 is 0 Å². The van der Waals surface area contributed by atoms with E-state index in [2.05, 4.69) is 15.5 Å². The molecule has 0 aliphatic heterocycles. The van der Waals surface area contributed by atoms with Gasteiger partial charge >= 0.3 is 0 Å². The Bertz CT molecular complexity index is 990. The first-order chi connectivity index (χ1) is 12.0. The van der Waals surface area contributed by atoms with Crippen LogP contribution in [0.3, 0.4) is 0 Å². The second kappa shape index (κ2) is 6.60. The Kier molecular flexibility index (Phi) is 4.34. The molecule has 0 fully saturated rings.